The fourth-order valence-electron chi connectivity index (χ4n) is 3.10. The summed E-state index contributed by atoms with van der Waals surface area (Å²) in [6.07, 6.45) is -2.80. The molecular formula is C13H13F4N. The van der Waals surface area contributed by atoms with Crippen LogP contribution in [0.2, 0.25) is 0 Å². The zero-order chi connectivity index (χ0) is 13.0. The molecule has 2 atom stereocenters. The van der Waals surface area contributed by atoms with Crippen molar-refractivity contribution in [2.45, 2.75) is 24.9 Å². The Hall–Kier alpha value is -1.10. The fourth-order valence-corrected chi connectivity index (χ4v) is 3.10. The van der Waals surface area contributed by atoms with Gasteiger partial charge in [-0.25, -0.2) is 4.39 Å². The summed E-state index contributed by atoms with van der Waals surface area (Å²) in [7, 11) is 0. The Balaban J connectivity index is 1.98. The van der Waals surface area contributed by atoms with Crippen molar-refractivity contribution in [1.82, 2.24) is 5.32 Å². The van der Waals surface area contributed by atoms with Gasteiger partial charge in [-0.05, 0) is 48.4 Å². The van der Waals surface area contributed by atoms with E-state index < -0.39 is 17.6 Å². The van der Waals surface area contributed by atoms with Gasteiger partial charge < -0.3 is 5.32 Å². The molecule has 1 spiro atoms. The molecular weight excluding hydrogens is 246 g/mol. The summed E-state index contributed by atoms with van der Waals surface area (Å²) in [4.78, 5) is 0. The Morgan fingerprint density at radius 3 is 2.67 bits per heavy atom. The minimum absolute atomic E-state index is 0.0160. The maximum Gasteiger partial charge on any atom is 0.416 e. The Kier molecular flexibility index (Phi) is 2.46. The van der Waals surface area contributed by atoms with Crippen LogP contribution in [-0.2, 0) is 6.18 Å². The topological polar surface area (TPSA) is 12.0 Å². The van der Waals surface area contributed by atoms with Gasteiger partial charge in [0.05, 0.1) is 5.56 Å². The van der Waals surface area contributed by atoms with Gasteiger partial charge in [-0.1, -0.05) is 6.07 Å². The van der Waals surface area contributed by atoms with Gasteiger partial charge >= 0.3 is 6.18 Å². The Morgan fingerprint density at radius 2 is 2.06 bits per heavy atom. The quantitative estimate of drug-likeness (QED) is 0.763. The lowest BCUT2D eigenvalue weighted by Crippen LogP contribution is -2.13. The molecule has 1 N–H and O–H groups in total. The van der Waals surface area contributed by atoms with Crippen molar-refractivity contribution in [3.8, 4) is 0 Å². The van der Waals surface area contributed by atoms with Gasteiger partial charge in [-0.2, -0.15) is 13.2 Å². The van der Waals surface area contributed by atoms with Gasteiger partial charge in [0.2, 0.25) is 0 Å². The smallest absolute Gasteiger partial charge is 0.316 e. The highest BCUT2D eigenvalue weighted by molar-refractivity contribution is 5.40. The largest absolute Gasteiger partial charge is 0.416 e. The molecule has 1 aliphatic heterocycles. The third kappa shape index (κ3) is 1.81. The highest BCUT2D eigenvalue weighted by Crippen LogP contribution is 2.63. The zero-order valence-corrected chi connectivity index (χ0v) is 9.65. The predicted molar refractivity (Wildman–Crippen MR) is 58.7 cm³/mol. The second-order valence-corrected chi connectivity index (χ2v) is 5.28. The second-order valence-electron chi connectivity index (χ2n) is 5.28. The molecule has 1 heterocycles. The van der Waals surface area contributed by atoms with Crippen LogP contribution in [0, 0.1) is 11.2 Å². The molecule has 0 aromatic heterocycles. The average molecular weight is 259 g/mol. The van der Waals surface area contributed by atoms with Crippen LogP contribution in [0.15, 0.2) is 18.2 Å². The number of halogens is 4. The summed E-state index contributed by atoms with van der Waals surface area (Å²) in [5, 5.41) is 3.19. The van der Waals surface area contributed by atoms with Crippen molar-refractivity contribution in [2.75, 3.05) is 13.1 Å². The molecule has 1 aromatic rings. The van der Waals surface area contributed by atoms with E-state index in [1.807, 2.05) is 0 Å². The minimum atomic E-state index is -4.48. The molecule has 1 saturated carbocycles. The lowest BCUT2D eigenvalue weighted by atomic mass is 9.94. The number of hydrogen-bond acceptors (Lipinski definition) is 1. The molecule has 1 aliphatic carbocycles. The predicted octanol–water partition coefficient (Wildman–Crippen LogP) is 3.31. The van der Waals surface area contributed by atoms with E-state index >= 15 is 0 Å². The van der Waals surface area contributed by atoms with Gasteiger partial charge in [0.1, 0.15) is 5.82 Å². The number of alkyl halides is 3. The highest BCUT2D eigenvalue weighted by atomic mass is 19.4. The van der Waals surface area contributed by atoms with E-state index in [0.29, 0.717) is 6.07 Å². The molecule has 1 saturated heterocycles. The van der Waals surface area contributed by atoms with Crippen molar-refractivity contribution in [2.24, 2.45) is 5.41 Å². The first-order chi connectivity index (χ1) is 8.42. The highest BCUT2D eigenvalue weighted by Gasteiger charge is 2.57. The van der Waals surface area contributed by atoms with Crippen LogP contribution < -0.4 is 5.32 Å². The van der Waals surface area contributed by atoms with Crippen LogP contribution in [0.4, 0.5) is 17.6 Å². The Labute approximate surface area is 102 Å². The van der Waals surface area contributed by atoms with Crippen LogP contribution >= 0.6 is 0 Å². The van der Waals surface area contributed by atoms with Gasteiger partial charge in [-0.3, -0.25) is 0 Å². The summed E-state index contributed by atoms with van der Waals surface area (Å²) in [5.41, 5.74) is -0.568. The molecule has 3 rings (SSSR count). The van der Waals surface area contributed by atoms with Crippen molar-refractivity contribution >= 4 is 0 Å². The van der Waals surface area contributed by atoms with E-state index in [1.165, 1.54) is 6.07 Å². The van der Waals surface area contributed by atoms with E-state index in [2.05, 4.69) is 5.32 Å². The van der Waals surface area contributed by atoms with Gasteiger partial charge in [0, 0.05) is 6.54 Å². The molecule has 5 heteroatoms. The van der Waals surface area contributed by atoms with E-state index in [-0.39, 0.29) is 16.9 Å². The van der Waals surface area contributed by atoms with Crippen LogP contribution in [-0.4, -0.2) is 13.1 Å². The summed E-state index contributed by atoms with van der Waals surface area (Å²) in [6, 6.07) is 3.04. The van der Waals surface area contributed by atoms with Crippen LogP contribution in [0.1, 0.15) is 29.9 Å². The average Bonchev–Trinajstić information content (AvgIpc) is 2.76. The fraction of sp³-hybridized carbons (Fsp3) is 0.538. The van der Waals surface area contributed by atoms with E-state index in [4.69, 9.17) is 0 Å². The molecule has 0 amide bonds. The molecule has 2 fully saturated rings. The van der Waals surface area contributed by atoms with Crippen molar-refractivity contribution in [3.05, 3.63) is 35.1 Å². The summed E-state index contributed by atoms with van der Waals surface area (Å²) >= 11 is 0. The first-order valence-corrected chi connectivity index (χ1v) is 6.00. The SMILES string of the molecule is Fc1ccc(C2CC23CCNC3)c(C(F)(F)F)c1. The van der Waals surface area contributed by atoms with E-state index in [1.54, 1.807) is 0 Å². The van der Waals surface area contributed by atoms with Gasteiger partial charge in [0.15, 0.2) is 0 Å². The molecule has 1 nitrogen and oxygen atoms in total. The maximum atomic E-state index is 13.0. The van der Waals surface area contributed by atoms with E-state index in [9.17, 15) is 17.6 Å². The standard InChI is InChI=1S/C13H13F4N/c14-8-1-2-9(10(5-8)13(15,16)17)11-6-12(11)3-4-18-7-12/h1-2,5,11,18H,3-4,6-7H2. The van der Waals surface area contributed by atoms with Gasteiger partial charge in [-0.15, -0.1) is 0 Å². The maximum absolute atomic E-state index is 13.0. The molecule has 98 valence electrons. The van der Waals surface area contributed by atoms with E-state index in [0.717, 1.165) is 32.0 Å². The summed E-state index contributed by atoms with van der Waals surface area (Å²) in [5.74, 6) is -0.907. The normalized spacial score (nSPS) is 31.0. The molecule has 0 bridgehead atoms. The lowest BCUT2D eigenvalue weighted by Gasteiger charge is -2.15. The first-order valence-electron chi connectivity index (χ1n) is 6.00. The molecule has 2 unspecified atom stereocenters. The summed E-state index contributed by atoms with van der Waals surface area (Å²) in [6.45, 7) is 1.63. The Bertz CT molecular complexity index is 474. The van der Waals surface area contributed by atoms with Gasteiger partial charge in [0.25, 0.3) is 0 Å². The molecule has 1 aromatic carbocycles. The second kappa shape index (κ2) is 3.70. The first kappa shape index (κ1) is 12.0. The number of benzene rings is 1. The van der Waals surface area contributed by atoms with Crippen molar-refractivity contribution in [1.29, 1.82) is 0 Å². The monoisotopic (exact) mass is 259 g/mol. The molecule has 2 aliphatic rings. The van der Waals surface area contributed by atoms with Crippen LogP contribution in [0.3, 0.4) is 0 Å². The van der Waals surface area contributed by atoms with Crippen molar-refractivity contribution < 1.29 is 17.6 Å². The Morgan fingerprint density at radius 1 is 1.28 bits per heavy atom. The van der Waals surface area contributed by atoms with Crippen molar-refractivity contribution in [3.63, 3.8) is 0 Å². The number of nitrogens with one attached hydrogen (secondary N) is 1. The minimum Gasteiger partial charge on any atom is -0.316 e. The van der Waals surface area contributed by atoms with Crippen LogP contribution in [0.25, 0.3) is 0 Å². The molecule has 0 radical (unpaired) electrons. The number of hydrogen-bond donors (Lipinski definition) is 1. The van der Waals surface area contributed by atoms with Crippen LogP contribution in [0.5, 0.6) is 0 Å². The zero-order valence-electron chi connectivity index (χ0n) is 9.65. The third-order valence-corrected chi connectivity index (χ3v) is 4.16. The molecule has 18 heavy (non-hydrogen) atoms. The summed E-state index contributed by atoms with van der Waals surface area (Å²) < 4.78 is 51.7. The number of rotatable bonds is 1. The lowest BCUT2D eigenvalue weighted by molar-refractivity contribution is -0.138. The third-order valence-electron chi connectivity index (χ3n) is 4.16.